The number of likely N-dealkylation sites (tertiary alicyclic amines) is 1. The van der Waals surface area contributed by atoms with Crippen molar-refractivity contribution in [1.82, 2.24) is 20.0 Å². The van der Waals surface area contributed by atoms with Gasteiger partial charge in [0.1, 0.15) is 5.75 Å². The third kappa shape index (κ3) is 5.48. The molecule has 28 heavy (non-hydrogen) atoms. The first kappa shape index (κ1) is 19.7. The zero-order chi connectivity index (χ0) is 19.9. The van der Waals surface area contributed by atoms with Crippen molar-refractivity contribution >= 4 is 11.9 Å². The molecule has 0 aliphatic carbocycles. The van der Waals surface area contributed by atoms with Gasteiger partial charge in [-0.05, 0) is 42.0 Å². The van der Waals surface area contributed by atoms with Gasteiger partial charge in [0, 0.05) is 39.9 Å². The molecule has 1 fully saturated rings. The number of ether oxygens (including phenoxy) is 1. The zero-order valence-electron chi connectivity index (χ0n) is 16.5. The predicted molar refractivity (Wildman–Crippen MR) is 108 cm³/mol. The molecule has 1 atom stereocenters. The molecule has 8 nitrogen and oxygen atoms in total. The van der Waals surface area contributed by atoms with E-state index in [0.717, 1.165) is 37.5 Å². The second kappa shape index (κ2) is 9.25. The first-order valence-electron chi connectivity index (χ1n) is 9.46. The molecule has 1 aliphatic rings. The number of hydrogen-bond acceptors (Lipinski definition) is 4. The van der Waals surface area contributed by atoms with Crippen molar-refractivity contribution in [3.63, 3.8) is 0 Å². The van der Waals surface area contributed by atoms with Crippen molar-refractivity contribution in [2.24, 2.45) is 23.7 Å². The van der Waals surface area contributed by atoms with Gasteiger partial charge in [0.05, 0.1) is 6.20 Å². The fourth-order valence-electron chi connectivity index (χ4n) is 3.52. The van der Waals surface area contributed by atoms with Gasteiger partial charge in [-0.2, -0.15) is 5.10 Å². The van der Waals surface area contributed by atoms with Crippen molar-refractivity contribution in [2.75, 3.05) is 26.7 Å². The molecular weight excluding hydrogens is 356 g/mol. The van der Waals surface area contributed by atoms with Gasteiger partial charge in [0.15, 0.2) is 12.6 Å². The van der Waals surface area contributed by atoms with Crippen LogP contribution >= 0.6 is 0 Å². The maximum absolute atomic E-state index is 10.9. The van der Waals surface area contributed by atoms with Crippen LogP contribution < -0.4 is 15.8 Å². The van der Waals surface area contributed by atoms with Crippen molar-refractivity contribution in [3.05, 3.63) is 47.8 Å². The van der Waals surface area contributed by atoms with E-state index in [1.54, 1.807) is 0 Å². The number of nitrogens with zero attached hydrogens (tertiary/aromatic N) is 4. The minimum Gasteiger partial charge on any atom is -0.484 e. The van der Waals surface area contributed by atoms with Crippen molar-refractivity contribution in [2.45, 2.75) is 19.4 Å². The fourth-order valence-corrected chi connectivity index (χ4v) is 3.52. The first-order chi connectivity index (χ1) is 13.5. The number of guanidine groups is 1. The molecule has 8 heteroatoms. The molecule has 1 saturated heterocycles. The number of amides is 1. The molecule has 1 aliphatic heterocycles. The molecule has 1 aromatic heterocycles. The van der Waals surface area contributed by atoms with Gasteiger partial charge in [-0.25, -0.2) is 0 Å². The van der Waals surface area contributed by atoms with Crippen LogP contribution in [-0.4, -0.2) is 53.3 Å². The fraction of sp³-hybridized carbons (Fsp3) is 0.450. The summed E-state index contributed by atoms with van der Waals surface area (Å²) in [5.41, 5.74) is 7.46. The standard InChI is InChI=1S/C20H28N6O2/c1-22-20(23-10-15-4-3-5-18(9-15)28-14-19(21)27)26-7-6-16(13-26)8-17-11-24-25(2)12-17/h3-5,9,11-12,16H,6-8,10,13-14H2,1-2H3,(H2,21,27)(H,22,23). The molecule has 2 heterocycles. The molecule has 1 aromatic carbocycles. The first-order valence-corrected chi connectivity index (χ1v) is 9.46. The minimum absolute atomic E-state index is 0.120. The van der Waals surface area contributed by atoms with E-state index in [4.69, 9.17) is 10.5 Å². The lowest BCUT2D eigenvalue weighted by Gasteiger charge is -2.22. The highest BCUT2D eigenvalue weighted by Gasteiger charge is 2.25. The summed E-state index contributed by atoms with van der Waals surface area (Å²) in [7, 11) is 3.76. The number of nitrogens with one attached hydrogen (secondary N) is 1. The normalized spacial score (nSPS) is 17.0. The molecule has 0 bridgehead atoms. The third-order valence-corrected chi connectivity index (χ3v) is 4.81. The van der Waals surface area contributed by atoms with Gasteiger partial charge in [-0.3, -0.25) is 14.5 Å². The van der Waals surface area contributed by atoms with E-state index >= 15 is 0 Å². The SMILES string of the molecule is CN=C(NCc1cccc(OCC(N)=O)c1)N1CCC(Cc2cnn(C)c2)C1. The third-order valence-electron chi connectivity index (χ3n) is 4.81. The van der Waals surface area contributed by atoms with Crippen LogP contribution in [0.3, 0.4) is 0 Å². The Bertz CT molecular complexity index is 832. The van der Waals surface area contributed by atoms with Crippen LogP contribution in [0.4, 0.5) is 0 Å². The zero-order valence-corrected chi connectivity index (χ0v) is 16.5. The second-order valence-electron chi connectivity index (χ2n) is 7.13. The van der Waals surface area contributed by atoms with Crippen molar-refractivity contribution in [3.8, 4) is 5.75 Å². The lowest BCUT2D eigenvalue weighted by molar-refractivity contribution is -0.119. The van der Waals surface area contributed by atoms with E-state index < -0.39 is 5.91 Å². The Morgan fingerprint density at radius 3 is 3.00 bits per heavy atom. The predicted octanol–water partition coefficient (Wildman–Crippen LogP) is 0.924. The number of aliphatic imine (C=N–C) groups is 1. The van der Waals surface area contributed by atoms with E-state index in [9.17, 15) is 4.79 Å². The van der Waals surface area contributed by atoms with Crippen LogP contribution in [0.2, 0.25) is 0 Å². The number of aromatic nitrogens is 2. The Morgan fingerprint density at radius 2 is 2.29 bits per heavy atom. The summed E-state index contributed by atoms with van der Waals surface area (Å²) in [5.74, 6) is 1.65. The van der Waals surface area contributed by atoms with Crippen LogP contribution in [0.25, 0.3) is 0 Å². The number of aryl methyl sites for hydroxylation is 1. The summed E-state index contributed by atoms with van der Waals surface area (Å²) in [6.07, 6.45) is 6.22. The van der Waals surface area contributed by atoms with Crippen LogP contribution in [0.1, 0.15) is 17.5 Å². The summed E-state index contributed by atoms with van der Waals surface area (Å²) in [6, 6.07) is 7.62. The van der Waals surface area contributed by atoms with Gasteiger partial charge in [0.2, 0.25) is 0 Å². The number of carbonyl (C=O) groups is 1. The average molecular weight is 384 g/mol. The molecule has 1 unspecified atom stereocenters. The number of nitrogens with two attached hydrogens (primary N) is 1. The quantitative estimate of drug-likeness (QED) is 0.547. The smallest absolute Gasteiger partial charge is 0.255 e. The van der Waals surface area contributed by atoms with Gasteiger partial charge in [0.25, 0.3) is 5.91 Å². The van der Waals surface area contributed by atoms with Crippen molar-refractivity contribution in [1.29, 1.82) is 0 Å². The van der Waals surface area contributed by atoms with E-state index in [1.165, 1.54) is 5.56 Å². The summed E-state index contributed by atoms with van der Waals surface area (Å²) < 4.78 is 7.21. The summed E-state index contributed by atoms with van der Waals surface area (Å²) in [5, 5.41) is 7.67. The number of benzene rings is 1. The molecule has 2 aromatic rings. The number of rotatable bonds is 7. The van der Waals surface area contributed by atoms with Gasteiger partial charge < -0.3 is 20.7 Å². The maximum atomic E-state index is 10.9. The lowest BCUT2D eigenvalue weighted by Crippen LogP contribution is -2.39. The number of primary amides is 1. The highest BCUT2D eigenvalue weighted by Crippen LogP contribution is 2.21. The Kier molecular flexibility index (Phi) is 6.52. The van der Waals surface area contributed by atoms with Crippen LogP contribution in [-0.2, 0) is 24.8 Å². The van der Waals surface area contributed by atoms with Gasteiger partial charge >= 0.3 is 0 Å². The van der Waals surface area contributed by atoms with E-state index in [1.807, 2.05) is 49.2 Å². The molecule has 1 amide bonds. The highest BCUT2D eigenvalue weighted by molar-refractivity contribution is 5.80. The average Bonchev–Trinajstić information content (AvgIpc) is 3.30. The minimum atomic E-state index is -0.487. The van der Waals surface area contributed by atoms with Crippen LogP contribution in [0, 0.1) is 5.92 Å². The lowest BCUT2D eigenvalue weighted by atomic mass is 10.0. The summed E-state index contributed by atoms with van der Waals surface area (Å²) in [6.45, 7) is 2.48. The summed E-state index contributed by atoms with van der Waals surface area (Å²) >= 11 is 0. The van der Waals surface area contributed by atoms with Gasteiger partial charge in [-0.1, -0.05) is 12.1 Å². The van der Waals surface area contributed by atoms with Crippen LogP contribution in [0.15, 0.2) is 41.7 Å². The molecule has 3 N–H and O–H groups in total. The molecule has 0 radical (unpaired) electrons. The summed E-state index contributed by atoms with van der Waals surface area (Å²) in [4.78, 5) is 17.6. The monoisotopic (exact) mass is 384 g/mol. The van der Waals surface area contributed by atoms with Crippen LogP contribution in [0.5, 0.6) is 5.75 Å². The van der Waals surface area contributed by atoms with E-state index in [2.05, 4.69) is 26.5 Å². The highest BCUT2D eigenvalue weighted by atomic mass is 16.5. The second-order valence-corrected chi connectivity index (χ2v) is 7.13. The Morgan fingerprint density at radius 1 is 1.43 bits per heavy atom. The Hall–Kier alpha value is -3.03. The molecule has 3 rings (SSSR count). The maximum Gasteiger partial charge on any atom is 0.255 e. The van der Waals surface area contributed by atoms with Gasteiger partial charge in [-0.15, -0.1) is 0 Å². The topological polar surface area (TPSA) is 97.8 Å². The molecule has 150 valence electrons. The molecule has 0 saturated carbocycles. The van der Waals surface area contributed by atoms with Crippen molar-refractivity contribution < 1.29 is 9.53 Å². The Labute approximate surface area is 165 Å². The number of carbonyl (C=O) groups excluding carboxylic acids is 1. The Balaban J connectivity index is 1.51. The molecular formula is C20H28N6O2. The number of hydrogen-bond donors (Lipinski definition) is 2. The van der Waals surface area contributed by atoms with E-state index in [-0.39, 0.29) is 6.61 Å². The molecule has 0 spiro atoms. The van der Waals surface area contributed by atoms with E-state index in [0.29, 0.717) is 18.2 Å². The largest absolute Gasteiger partial charge is 0.484 e.